The molecular weight excluding hydrogens is 830 g/mol. The fourth-order valence-corrected chi connectivity index (χ4v) is 7.07. The van der Waals surface area contributed by atoms with Crippen LogP contribution in [0.2, 0.25) is 0 Å². The summed E-state index contributed by atoms with van der Waals surface area (Å²) < 4.78 is 47.6. The highest BCUT2D eigenvalue weighted by Crippen LogP contribution is 2.43. The van der Waals surface area contributed by atoms with Gasteiger partial charge in [0.15, 0.2) is 6.10 Å². The first-order valence-electron chi connectivity index (χ1n) is 22.5. The van der Waals surface area contributed by atoms with Crippen molar-refractivity contribution in [2.24, 2.45) is 0 Å². The third kappa shape index (κ3) is 43.1. The maximum Gasteiger partial charge on any atom is 0.472 e. The smallest absolute Gasteiger partial charge is 0.462 e. The van der Waals surface area contributed by atoms with Gasteiger partial charge in [0.25, 0.3) is 0 Å². The van der Waals surface area contributed by atoms with Gasteiger partial charge in [0.2, 0.25) is 0 Å². The summed E-state index contributed by atoms with van der Waals surface area (Å²) in [4.78, 5) is 52.7. The first kappa shape index (κ1) is 59.0. The highest BCUT2D eigenvalue weighted by atomic mass is 31.2. The molecule has 0 saturated heterocycles. The maximum atomic E-state index is 12.7. The third-order valence-electron chi connectivity index (χ3n) is 9.42. The molecule has 1 unspecified atom stereocenters. The predicted octanol–water partition coefficient (Wildman–Crippen LogP) is 9.39. The van der Waals surface area contributed by atoms with Crippen LogP contribution >= 0.6 is 15.6 Å². The van der Waals surface area contributed by atoms with E-state index in [9.17, 15) is 38.9 Å². The van der Waals surface area contributed by atoms with Crippen LogP contribution < -0.4 is 0 Å². The van der Waals surface area contributed by atoms with Crippen molar-refractivity contribution in [3.8, 4) is 0 Å². The molecule has 0 bridgehead atoms. The molecule has 0 rings (SSSR count). The van der Waals surface area contributed by atoms with Crippen LogP contribution in [0.4, 0.5) is 0 Å². The topological polar surface area (TPSA) is 236 Å². The molecule has 0 radical (unpaired) electrons. The Hall–Kier alpha value is -2.00. The molecule has 0 aromatic carbocycles. The van der Waals surface area contributed by atoms with E-state index < -0.39 is 78.4 Å². The van der Waals surface area contributed by atoms with Gasteiger partial charge >= 0.3 is 27.6 Å². The molecule has 0 fully saturated rings. The van der Waals surface area contributed by atoms with Crippen LogP contribution in [-0.4, -0.2) is 92.8 Å². The first-order valence-corrected chi connectivity index (χ1v) is 25.6. The Kier molecular flexibility index (Phi) is 38.3. The summed E-state index contributed by atoms with van der Waals surface area (Å²) in [6.45, 7) is 1.41. The summed E-state index contributed by atoms with van der Waals surface area (Å²) in [5, 5.41) is 29.9. The second-order valence-corrected chi connectivity index (χ2v) is 18.1. The third-order valence-corrected chi connectivity index (χ3v) is 10.9. The number of aliphatic hydroxyl groups is 3. The summed E-state index contributed by atoms with van der Waals surface area (Å²) in [6.07, 6.45) is 33.1. The van der Waals surface area contributed by atoms with E-state index in [1.165, 1.54) is 64.2 Å². The van der Waals surface area contributed by atoms with Crippen molar-refractivity contribution >= 4 is 27.6 Å². The van der Waals surface area contributed by atoms with Gasteiger partial charge in [-0.15, -0.1) is 0 Å². The lowest BCUT2D eigenvalue weighted by Crippen LogP contribution is -2.30. The fraction of sp³-hybridized carbons (Fsp3) is 0.773. The number of phosphoric acid groups is 2. The monoisotopic (exact) mass is 910 g/mol. The van der Waals surface area contributed by atoms with Crippen LogP contribution in [0.1, 0.15) is 168 Å². The van der Waals surface area contributed by atoms with Gasteiger partial charge in [-0.3, -0.25) is 23.2 Å². The van der Waals surface area contributed by atoms with Crippen LogP contribution in [0, 0.1) is 0 Å². The maximum absolute atomic E-state index is 12.7. The van der Waals surface area contributed by atoms with Gasteiger partial charge in [0.05, 0.1) is 32.0 Å². The van der Waals surface area contributed by atoms with Crippen molar-refractivity contribution in [1.82, 2.24) is 0 Å². The van der Waals surface area contributed by atoms with Crippen molar-refractivity contribution in [2.75, 3.05) is 26.4 Å². The quantitative estimate of drug-likeness (QED) is 0.0145. The van der Waals surface area contributed by atoms with E-state index in [2.05, 4.69) is 22.9 Å². The van der Waals surface area contributed by atoms with Gasteiger partial charge in [-0.2, -0.15) is 0 Å². The number of ether oxygens (including phenoxy) is 2. The van der Waals surface area contributed by atoms with Crippen LogP contribution in [0.3, 0.4) is 0 Å². The largest absolute Gasteiger partial charge is 0.472 e. The molecule has 0 aliphatic heterocycles. The molecule has 0 aliphatic rings. The number of aliphatic hydroxyl groups excluding tert-OH is 3. The zero-order valence-corrected chi connectivity index (χ0v) is 38.8. The lowest BCUT2D eigenvalue weighted by molar-refractivity contribution is -0.161. The Labute approximate surface area is 365 Å². The number of unbranched alkanes of at least 4 members (excludes halogenated alkanes) is 16. The van der Waals surface area contributed by atoms with Crippen molar-refractivity contribution < 1.29 is 71.8 Å². The average Bonchev–Trinajstić information content (AvgIpc) is 3.21. The molecule has 5 atom stereocenters. The molecule has 356 valence electrons. The van der Waals surface area contributed by atoms with E-state index in [-0.39, 0.29) is 19.3 Å². The van der Waals surface area contributed by atoms with Gasteiger partial charge in [0.1, 0.15) is 12.7 Å². The predicted molar refractivity (Wildman–Crippen MR) is 237 cm³/mol. The summed E-state index contributed by atoms with van der Waals surface area (Å²) >= 11 is 0. The number of hydrogen-bond acceptors (Lipinski definition) is 12. The Morgan fingerprint density at radius 3 is 1.49 bits per heavy atom. The van der Waals surface area contributed by atoms with Crippen molar-refractivity contribution in [1.29, 1.82) is 0 Å². The molecule has 0 saturated carbocycles. The van der Waals surface area contributed by atoms with E-state index in [1.54, 1.807) is 24.3 Å². The van der Waals surface area contributed by atoms with E-state index in [1.807, 2.05) is 24.3 Å². The number of rotatable bonds is 42. The fourth-order valence-electron chi connectivity index (χ4n) is 5.91. The van der Waals surface area contributed by atoms with E-state index in [0.29, 0.717) is 19.3 Å². The van der Waals surface area contributed by atoms with E-state index in [0.717, 1.165) is 51.4 Å². The molecule has 61 heavy (non-hydrogen) atoms. The summed E-state index contributed by atoms with van der Waals surface area (Å²) in [5.74, 6) is -1.26. The van der Waals surface area contributed by atoms with Gasteiger partial charge in [0, 0.05) is 12.8 Å². The molecule has 0 heterocycles. The minimum atomic E-state index is -4.89. The molecule has 0 aliphatic carbocycles. The van der Waals surface area contributed by atoms with Crippen LogP contribution in [0.15, 0.2) is 48.6 Å². The van der Waals surface area contributed by atoms with Crippen LogP contribution in [0.25, 0.3) is 0 Å². The lowest BCUT2D eigenvalue weighted by atomic mass is 10.0. The lowest BCUT2D eigenvalue weighted by Gasteiger charge is -2.20. The van der Waals surface area contributed by atoms with Crippen LogP contribution in [0.5, 0.6) is 0 Å². The zero-order chi connectivity index (χ0) is 45.5. The Bertz CT molecular complexity index is 1300. The van der Waals surface area contributed by atoms with Gasteiger partial charge in [-0.25, -0.2) is 9.13 Å². The molecule has 0 aromatic rings. The standard InChI is InChI=1S/C44H80O15P2/c1-3-5-7-8-9-10-11-12-13-14-15-16-20-23-27-33-44(49)59-42(38-58-61(53,54)57-36-41(47)35-56-60(50,51)52)37-55-43(48)34-28-32-40(46)31-26-22-19-17-18-21-25-30-39(45)29-24-6-4-2/h18-19,21-22,25-26,30-31,39-42,45-47H,3-17,20,23-24,27-29,32-38H2,1-2H3,(H,53,54)(H2,50,51,52)/b21-18-,22-19-,30-25+,31-26+/t39-,40-,41-,42+/m0/s1. The second kappa shape index (κ2) is 39.6. The summed E-state index contributed by atoms with van der Waals surface area (Å²) in [5.41, 5.74) is 0. The highest BCUT2D eigenvalue weighted by Gasteiger charge is 2.28. The second-order valence-electron chi connectivity index (χ2n) is 15.4. The Balaban J connectivity index is 4.71. The number of esters is 2. The van der Waals surface area contributed by atoms with E-state index in [4.69, 9.17) is 23.8 Å². The molecule has 17 heteroatoms. The highest BCUT2D eigenvalue weighted by molar-refractivity contribution is 7.47. The number of hydrogen-bond donors (Lipinski definition) is 6. The Morgan fingerprint density at radius 1 is 0.525 bits per heavy atom. The molecule has 6 N–H and O–H groups in total. The minimum Gasteiger partial charge on any atom is -0.462 e. The zero-order valence-electron chi connectivity index (χ0n) is 37.0. The number of phosphoric ester groups is 2. The van der Waals surface area contributed by atoms with Crippen molar-refractivity contribution in [3.05, 3.63) is 48.6 Å². The number of carbonyl (C=O) groups is 2. The SMILES string of the molecule is CCCCCCCCCCCCCCCCCC(=O)O[C@H](COC(=O)CCC[C@@H](O)/C=C/C=C\C/C=C\C=C\[C@@H](O)CCCCC)COP(=O)(O)OC[C@@H](O)COP(=O)(O)O. The molecule has 0 spiro atoms. The van der Waals surface area contributed by atoms with Gasteiger partial charge < -0.3 is 39.5 Å². The van der Waals surface area contributed by atoms with E-state index >= 15 is 0 Å². The van der Waals surface area contributed by atoms with Gasteiger partial charge in [-0.05, 0) is 32.1 Å². The minimum absolute atomic E-state index is 0.0524. The summed E-state index contributed by atoms with van der Waals surface area (Å²) in [6, 6.07) is 0. The number of carbonyl (C=O) groups excluding carboxylic acids is 2. The van der Waals surface area contributed by atoms with Crippen molar-refractivity contribution in [3.63, 3.8) is 0 Å². The molecule has 0 aromatic heterocycles. The molecule has 15 nitrogen and oxygen atoms in total. The molecular formula is C44H80O15P2. The van der Waals surface area contributed by atoms with Crippen LogP contribution in [-0.2, 0) is 41.8 Å². The van der Waals surface area contributed by atoms with Gasteiger partial charge in [-0.1, -0.05) is 172 Å². The van der Waals surface area contributed by atoms with Crippen molar-refractivity contribution in [2.45, 2.75) is 192 Å². The first-order chi connectivity index (χ1) is 29.2. The average molecular weight is 911 g/mol. The normalized spacial score (nSPS) is 15.5. The molecule has 0 amide bonds. The summed E-state index contributed by atoms with van der Waals surface area (Å²) in [7, 11) is -9.75. The number of allylic oxidation sites excluding steroid dienone is 6. The Morgan fingerprint density at radius 2 is 0.967 bits per heavy atom.